The Hall–Kier alpha value is -1.42. The molecule has 3 N–H and O–H groups in total. The lowest BCUT2D eigenvalue weighted by atomic mass is 9.41. The zero-order chi connectivity index (χ0) is 34.1. The van der Waals surface area contributed by atoms with E-state index in [1.54, 1.807) is 18.7 Å². The molecule has 7 rings (SSSR count). The minimum Gasteiger partial charge on any atom is -0.481 e. The molecular formula is C38H61NO8. The van der Waals surface area contributed by atoms with Crippen LogP contribution in [0.5, 0.6) is 0 Å². The van der Waals surface area contributed by atoms with Crippen LogP contribution in [0.15, 0.2) is 0 Å². The van der Waals surface area contributed by atoms with Gasteiger partial charge in [-0.1, -0.05) is 34.6 Å². The number of rotatable bonds is 6. The van der Waals surface area contributed by atoms with Crippen LogP contribution in [0.2, 0.25) is 0 Å². The third-order valence-electron chi connectivity index (χ3n) is 16.2. The topological polar surface area (TPSA) is 126 Å². The summed E-state index contributed by atoms with van der Waals surface area (Å²) in [5.41, 5.74) is -1.16. The third kappa shape index (κ3) is 4.46. The Morgan fingerprint density at radius 1 is 1.02 bits per heavy atom. The first kappa shape index (κ1) is 34.0. The van der Waals surface area contributed by atoms with Crippen molar-refractivity contribution < 1.29 is 39.1 Å². The average molecular weight is 660 g/mol. The summed E-state index contributed by atoms with van der Waals surface area (Å²) in [6.45, 7) is 18.5. The molecule has 7 fully saturated rings. The standard InChI is InChI=1S/C38H61NO8/c1-9-45-30(34(5,6)44)23-18-21(2)27-28(46-23)29(40)36(8)25-11-10-24-33(3,4)26(47-32(43)39-17-13-22(19-39)31(41)42)12-14-37(24)20-38(25,37)16-15-35(27,36)7/h21-30,40,44H,9-20H2,1-8H3,(H,41,42)/t21-,22?,23?,24+,25?,26?,27+,28?,29+,30?,35?,36-,37?,38?/m1/s1. The molecule has 2 aliphatic heterocycles. The highest BCUT2D eigenvalue weighted by atomic mass is 16.6. The highest BCUT2D eigenvalue weighted by Gasteiger charge is 2.84. The molecule has 2 spiro atoms. The Morgan fingerprint density at radius 3 is 2.34 bits per heavy atom. The fourth-order valence-corrected chi connectivity index (χ4v) is 14.0. The molecule has 0 aromatic carbocycles. The SMILES string of the molecule is CCOC(C1C[C@@H](C)[C@H]2C(O1)[C@H](O)[C@@]1(C)C3CC[C@H]4C(C)(C)C(OC(=O)N5CCC(C(=O)O)C5)CCC45CC35CCC21C)C(C)(C)O. The number of fused-ring (bicyclic) bond motifs is 4. The monoisotopic (exact) mass is 659 g/mol. The predicted octanol–water partition coefficient (Wildman–Crippen LogP) is 5.89. The maximum absolute atomic E-state index is 13.2. The quantitative estimate of drug-likeness (QED) is 0.323. The first-order valence-corrected chi connectivity index (χ1v) is 18.7. The van der Waals surface area contributed by atoms with Crippen LogP contribution in [0.1, 0.15) is 113 Å². The van der Waals surface area contributed by atoms with E-state index in [4.69, 9.17) is 14.2 Å². The van der Waals surface area contributed by atoms with Crippen LogP contribution < -0.4 is 0 Å². The molecule has 2 saturated heterocycles. The number of carbonyl (C=O) groups is 2. The van der Waals surface area contributed by atoms with Crippen LogP contribution in [0.3, 0.4) is 0 Å². The van der Waals surface area contributed by atoms with Crippen LogP contribution in [-0.4, -0.2) is 88.1 Å². The molecule has 7 aliphatic rings. The van der Waals surface area contributed by atoms with Gasteiger partial charge in [-0.3, -0.25) is 4.79 Å². The van der Waals surface area contributed by atoms with Crippen molar-refractivity contribution in [1.29, 1.82) is 0 Å². The molecular weight excluding hydrogens is 598 g/mol. The van der Waals surface area contributed by atoms with Gasteiger partial charge in [-0.2, -0.15) is 0 Å². The van der Waals surface area contributed by atoms with E-state index in [1.165, 1.54) is 12.8 Å². The largest absolute Gasteiger partial charge is 0.481 e. The van der Waals surface area contributed by atoms with Crippen LogP contribution in [0.4, 0.5) is 4.79 Å². The number of amides is 1. The lowest BCUT2D eigenvalue weighted by Gasteiger charge is -2.63. The molecule has 0 radical (unpaired) electrons. The van der Waals surface area contributed by atoms with Crippen molar-refractivity contribution >= 4 is 12.1 Å². The average Bonchev–Trinajstić information content (AvgIpc) is 3.28. The van der Waals surface area contributed by atoms with Gasteiger partial charge in [-0.15, -0.1) is 0 Å². The van der Waals surface area contributed by atoms with E-state index >= 15 is 0 Å². The first-order chi connectivity index (χ1) is 21.9. The predicted molar refractivity (Wildman–Crippen MR) is 175 cm³/mol. The second-order valence-corrected chi connectivity index (χ2v) is 18.7. The zero-order valence-electron chi connectivity index (χ0n) is 30.1. The minimum absolute atomic E-state index is 0.0460. The fourth-order valence-electron chi connectivity index (χ4n) is 14.0. The third-order valence-corrected chi connectivity index (χ3v) is 16.2. The Kier molecular flexibility index (Phi) is 7.82. The molecule has 9 unspecified atom stereocenters. The van der Waals surface area contributed by atoms with Crippen molar-refractivity contribution in [2.45, 2.75) is 149 Å². The van der Waals surface area contributed by atoms with Crippen molar-refractivity contribution in [1.82, 2.24) is 4.90 Å². The summed E-state index contributed by atoms with van der Waals surface area (Å²) in [4.78, 5) is 26.3. The maximum atomic E-state index is 13.2. The molecule has 5 aliphatic carbocycles. The van der Waals surface area contributed by atoms with Crippen molar-refractivity contribution in [2.24, 2.45) is 56.7 Å². The number of hydrogen-bond donors (Lipinski definition) is 3. The number of carboxylic acids is 1. The number of carboxylic acid groups (broad SMARTS) is 1. The molecule has 0 aromatic rings. The summed E-state index contributed by atoms with van der Waals surface area (Å²) in [5.74, 6) is 0.0934. The van der Waals surface area contributed by atoms with Gasteiger partial charge in [-0.05, 0) is 118 Å². The molecule has 9 heteroatoms. The van der Waals surface area contributed by atoms with Crippen LogP contribution in [0, 0.1) is 56.7 Å². The van der Waals surface area contributed by atoms with Crippen LogP contribution in [0.25, 0.3) is 0 Å². The van der Waals surface area contributed by atoms with E-state index in [0.717, 1.165) is 38.5 Å². The van der Waals surface area contributed by atoms with Gasteiger partial charge in [0.2, 0.25) is 0 Å². The first-order valence-electron chi connectivity index (χ1n) is 18.7. The second kappa shape index (κ2) is 10.8. The number of aliphatic carboxylic acids is 1. The molecule has 2 heterocycles. The van der Waals surface area contributed by atoms with Gasteiger partial charge in [0.25, 0.3) is 0 Å². The van der Waals surface area contributed by atoms with Crippen LogP contribution in [-0.2, 0) is 19.0 Å². The van der Waals surface area contributed by atoms with E-state index in [1.807, 2.05) is 6.92 Å². The number of ether oxygens (including phenoxy) is 3. The van der Waals surface area contributed by atoms with Crippen molar-refractivity contribution in [2.75, 3.05) is 19.7 Å². The van der Waals surface area contributed by atoms with E-state index in [-0.39, 0.29) is 63.9 Å². The number of likely N-dealkylation sites (tertiary alicyclic amines) is 1. The van der Waals surface area contributed by atoms with Gasteiger partial charge in [0.15, 0.2) is 0 Å². The summed E-state index contributed by atoms with van der Waals surface area (Å²) < 4.78 is 19.3. The number of aliphatic hydroxyl groups is 2. The van der Waals surface area contributed by atoms with Crippen molar-refractivity contribution in [3.05, 3.63) is 0 Å². The molecule has 0 aromatic heterocycles. The molecule has 47 heavy (non-hydrogen) atoms. The number of nitrogens with zero attached hydrogens (tertiary/aromatic N) is 1. The van der Waals surface area contributed by atoms with Crippen molar-refractivity contribution in [3.8, 4) is 0 Å². The molecule has 0 bridgehead atoms. The van der Waals surface area contributed by atoms with E-state index in [0.29, 0.717) is 37.3 Å². The Bertz CT molecular complexity index is 1280. The molecule has 9 nitrogen and oxygen atoms in total. The zero-order valence-corrected chi connectivity index (χ0v) is 30.1. The van der Waals surface area contributed by atoms with Gasteiger partial charge in [0, 0.05) is 30.5 Å². The van der Waals surface area contributed by atoms with Gasteiger partial charge in [0.1, 0.15) is 12.2 Å². The van der Waals surface area contributed by atoms with Gasteiger partial charge >= 0.3 is 12.1 Å². The highest BCUT2D eigenvalue weighted by Crippen LogP contribution is 2.89. The lowest BCUT2D eigenvalue weighted by Crippen LogP contribution is -2.60. The van der Waals surface area contributed by atoms with E-state index < -0.39 is 29.7 Å². The number of aliphatic hydroxyl groups excluding tert-OH is 1. The van der Waals surface area contributed by atoms with Gasteiger partial charge in [0.05, 0.1) is 29.8 Å². The fraction of sp³-hybridized carbons (Fsp3) is 0.947. The van der Waals surface area contributed by atoms with E-state index in [2.05, 4.69) is 34.6 Å². The summed E-state index contributed by atoms with van der Waals surface area (Å²) >= 11 is 0. The smallest absolute Gasteiger partial charge is 0.410 e. The summed E-state index contributed by atoms with van der Waals surface area (Å²) in [5, 5.41) is 33.0. The lowest BCUT2D eigenvalue weighted by molar-refractivity contribution is -0.215. The summed E-state index contributed by atoms with van der Waals surface area (Å²) in [7, 11) is 0. The van der Waals surface area contributed by atoms with Crippen molar-refractivity contribution in [3.63, 3.8) is 0 Å². The number of carbonyl (C=O) groups excluding carboxylic acids is 1. The maximum Gasteiger partial charge on any atom is 0.410 e. The molecule has 14 atom stereocenters. The van der Waals surface area contributed by atoms with E-state index in [9.17, 15) is 24.9 Å². The Morgan fingerprint density at radius 2 is 1.70 bits per heavy atom. The molecule has 5 saturated carbocycles. The minimum atomic E-state index is -1.05. The van der Waals surface area contributed by atoms with Gasteiger partial charge < -0.3 is 34.4 Å². The summed E-state index contributed by atoms with van der Waals surface area (Å²) in [6, 6.07) is 0. The molecule has 266 valence electrons. The Balaban J connectivity index is 1.12. The highest BCUT2D eigenvalue weighted by molar-refractivity contribution is 5.74. The molecule has 1 amide bonds. The van der Waals surface area contributed by atoms with Gasteiger partial charge in [-0.25, -0.2) is 4.79 Å². The Labute approximate surface area is 281 Å². The van der Waals surface area contributed by atoms with Crippen LogP contribution >= 0.6 is 0 Å². The number of hydrogen-bond acceptors (Lipinski definition) is 7. The normalized spacial score (nSPS) is 50.3. The second-order valence-electron chi connectivity index (χ2n) is 18.7. The summed E-state index contributed by atoms with van der Waals surface area (Å²) in [6.07, 6.45) is 6.66.